The molecule has 1 saturated heterocycles. The minimum Gasteiger partial charge on any atom is -0.352 e. The lowest BCUT2D eigenvalue weighted by Gasteiger charge is -2.35. The van der Waals surface area contributed by atoms with E-state index in [1.807, 2.05) is 0 Å². The number of aromatic nitrogens is 6. The van der Waals surface area contributed by atoms with Gasteiger partial charge in [0.05, 0.1) is 17.3 Å². The number of aromatic amines is 1. The Morgan fingerprint density at radius 3 is 2.54 bits per heavy atom. The third-order valence-electron chi connectivity index (χ3n) is 4.80. The van der Waals surface area contributed by atoms with Crippen molar-refractivity contribution in [2.45, 2.75) is 18.8 Å². The second-order valence-corrected chi connectivity index (χ2v) is 6.39. The summed E-state index contributed by atoms with van der Waals surface area (Å²) < 4.78 is 0. The Morgan fingerprint density at radius 2 is 1.79 bits per heavy atom. The standard InChI is InChI=1S/C16H18N8/c1-2-11(1)13-3-4-14(21-20-13)23-5-7-24(8-6-23)16-12-9-19-22-15(12)17-10-18-16/h3-4,9-11H,1-2,5-8H2,(H,17,18,19,22). The molecule has 2 fully saturated rings. The van der Waals surface area contributed by atoms with Crippen molar-refractivity contribution in [1.29, 1.82) is 0 Å². The summed E-state index contributed by atoms with van der Waals surface area (Å²) >= 11 is 0. The summed E-state index contributed by atoms with van der Waals surface area (Å²) in [6.07, 6.45) is 5.89. The third-order valence-corrected chi connectivity index (χ3v) is 4.80. The van der Waals surface area contributed by atoms with E-state index < -0.39 is 0 Å². The molecule has 0 radical (unpaired) electrons. The molecule has 0 atom stereocenters. The van der Waals surface area contributed by atoms with Crippen molar-refractivity contribution in [1.82, 2.24) is 30.4 Å². The molecule has 0 spiro atoms. The van der Waals surface area contributed by atoms with Crippen LogP contribution in [-0.2, 0) is 0 Å². The molecule has 24 heavy (non-hydrogen) atoms. The highest BCUT2D eigenvalue weighted by Gasteiger charge is 2.26. The minimum absolute atomic E-state index is 0.651. The van der Waals surface area contributed by atoms with Crippen LogP contribution in [-0.4, -0.2) is 56.5 Å². The lowest BCUT2D eigenvalue weighted by Crippen LogP contribution is -2.47. The molecule has 1 N–H and O–H groups in total. The van der Waals surface area contributed by atoms with Gasteiger partial charge in [0.15, 0.2) is 11.5 Å². The molecule has 1 aliphatic carbocycles. The lowest BCUT2D eigenvalue weighted by molar-refractivity contribution is 0.638. The van der Waals surface area contributed by atoms with Crippen LogP contribution in [0, 0.1) is 0 Å². The van der Waals surface area contributed by atoms with E-state index in [9.17, 15) is 0 Å². The maximum Gasteiger partial charge on any atom is 0.160 e. The molecule has 2 aliphatic rings. The zero-order valence-electron chi connectivity index (χ0n) is 13.3. The number of piperazine rings is 1. The molecule has 0 bridgehead atoms. The highest BCUT2D eigenvalue weighted by Crippen LogP contribution is 2.38. The first-order valence-corrected chi connectivity index (χ1v) is 8.36. The molecule has 3 aromatic heterocycles. The van der Waals surface area contributed by atoms with Crippen molar-refractivity contribution in [3.05, 3.63) is 30.4 Å². The van der Waals surface area contributed by atoms with Gasteiger partial charge in [-0.25, -0.2) is 9.97 Å². The smallest absolute Gasteiger partial charge is 0.160 e. The number of anilines is 2. The summed E-state index contributed by atoms with van der Waals surface area (Å²) in [6, 6.07) is 4.24. The van der Waals surface area contributed by atoms with Crippen LogP contribution in [0.1, 0.15) is 24.5 Å². The number of nitrogens with zero attached hydrogens (tertiary/aromatic N) is 7. The molecule has 122 valence electrons. The summed E-state index contributed by atoms with van der Waals surface area (Å²) in [5.41, 5.74) is 1.92. The van der Waals surface area contributed by atoms with Gasteiger partial charge in [-0.2, -0.15) is 10.2 Å². The number of H-pyrrole nitrogens is 1. The number of fused-ring (bicyclic) bond motifs is 1. The number of hydrogen-bond acceptors (Lipinski definition) is 7. The molecule has 3 aromatic rings. The van der Waals surface area contributed by atoms with Crippen molar-refractivity contribution in [3.63, 3.8) is 0 Å². The Kier molecular flexibility index (Phi) is 3.07. The molecule has 0 unspecified atom stereocenters. The van der Waals surface area contributed by atoms with Crippen molar-refractivity contribution in [3.8, 4) is 0 Å². The van der Waals surface area contributed by atoms with Crippen molar-refractivity contribution < 1.29 is 0 Å². The van der Waals surface area contributed by atoms with Crippen LogP contribution < -0.4 is 9.80 Å². The molecule has 8 nitrogen and oxygen atoms in total. The van der Waals surface area contributed by atoms with Crippen molar-refractivity contribution in [2.75, 3.05) is 36.0 Å². The van der Waals surface area contributed by atoms with E-state index in [2.05, 4.69) is 52.3 Å². The van der Waals surface area contributed by atoms with Gasteiger partial charge in [0, 0.05) is 32.1 Å². The van der Waals surface area contributed by atoms with Crippen LogP contribution in [0.25, 0.3) is 11.0 Å². The van der Waals surface area contributed by atoms with E-state index in [0.717, 1.165) is 54.5 Å². The van der Waals surface area contributed by atoms with Crippen LogP contribution in [0.2, 0.25) is 0 Å². The Hall–Kier alpha value is -2.77. The Balaban J connectivity index is 1.31. The Labute approximate surface area is 138 Å². The lowest BCUT2D eigenvalue weighted by atomic mass is 10.2. The van der Waals surface area contributed by atoms with Crippen LogP contribution >= 0.6 is 0 Å². The highest BCUT2D eigenvalue weighted by atomic mass is 15.3. The summed E-state index contributed by atoms with van der Waals surface area (Å²) in [6.45, 7) is 3.59. The second kappa shape index (κ2) is 5.40. The van der Waals surface area contributed by atoms with Crippen molar-refractivity contribution >= 4 is 22.7 Å². The van der Waals surface area contributed by atoms with Gasteiger partial charge in [0.25, 0.3) is 0 Å². The fourth-order valence-electron chi connectivity index (χ4n) is 3.25. The second-order valence-electron chi connectivity index (χ2n) is 6.39. The van der Waals surface area contributed by atoms with Gasteiger partial charge in [-0.1, -0.05) is 0 Å². The zero-order chi connectivity index (χ0) is 15.9. The first-order valence-electron chi connectivity index (χ1n) is 8.36. The maximum atomic E-state index is 4.45. The van der Waals surface area contributed by atoms with Gasteiger partial charge in [-0.3, -0.25) is 5.10 Å². The predicted octanol–water partition coefficient (Wildman–Crippen LogP) is 1.35. The van der Waals surface area contributed by atoms with Gasteiger partial charge < -0.3 is 9.80 Å². The topological polar surface area (TPSA) is 86.7 Å². The zero-order valence-corrected chi connectivity index (χ0v) is 13.3. The Morgan fingerprint density at radius 1 is 0.958 bits per heavy atom. The SMILES string of the molecule is c1nc(N2CCN(c3ccc(C4CC4)nn3)CC2)c2cn[nH]c2n1. The molecule has 0 aromatic carbocycles. The van der Waals surface area contributed by atoms with E-state index in [1.54, 1.807) is 12.5 Å². The maximum absolute atomic E-state index is 4.45. The summed E-state index contributed by atoms with van der Waals surface area (Å²) in [5.74, 6) is 2.57. The number of hydrogen-bond donors (Lipinski definition) is 1. The first-order chi connectivity index (χ1) is 11.9. The van der Waals surface area contributed by atoms with Gasteiger partial charge in [0.1, 0.15) is 12.1 Å². The quantitative estimate of drug-likeness (QED) is 0.778. The summed E-state index contributed by atoms with van der Waals surface area (Å²) in [5, 5.41) is 16.7. The molecule has 8 heteroatoms. The molecule has 0 amide bonds. The van der Waals surface area contributed by atoms with E-state index in [4.69, 9.17) is 0 Å². The van der Waals surface area contributed by atoms with Gasteiger partial charge in [-0.15, -0.1) is 5.10 Å². The van der Waals surface area contributed by atoms with Crippen LogP contribution in [0.15, 0.2) is 24.7 Å². The predicted molar refractivity (Wildman–Crippen MR) is 90.1 cm³/mol. The van der Waals surface area contributed by atoms with E-state index >= 15 is 0 Å². The molecular weight excluding hydrogens is 304 g/mol. The van der Waals surface area contributed by atoms with Gasteiger partial charge in [0.2, 0.25) is 0 Å². The fraction of sp³-hybridized carbons (Fsp3) is 0.438. The molecule has 5 rings (SSSR count). The van der Waals surface area contributed by atoms with Crippen molar-refractivity contribution in [2.24, 2.45) is 0 Å². The first kappa shape index (κ1) is 13.6. The van der Waals surface area contributed by atoms with Crippen LogP contribution in [0.3, 0.4) is 0 Å². The van der Waals surface area contributed by atoms with Gasteiger partial charge >= 0.3 is 0 Å². The minimum atomic E-state index is 0.651. The average molecular weight is 322 g/mol. The fourth-order valence-corrected chi connectivity index (χ4v) is 3.25. The highest BCUT2D eigenvalue weighted by molar-refractivity contribution is 5.86. The molecule has 1 aliphatic heterocycles. The van der Waals surface area contributed by atoms with E-state index in [-0.39, 0.29) is 0 Å². The monoisotopic (exact) mass is 322 g/mol. The van der Waals surface area contributed by atoms with E-state index in [0.29, 0.717) is 5.92 Å². The van der Waals surface area contributed by atoms with Gasteiger partial charge in [-0.05, 0) is 25.0 Å². The summed E-state index contributed by atoms with van der Waals surface area (Å²) in [4.78, 5) is 13.2. The molecule has 1 saturated carbocycles. The third kappa shape index (κ3) is 2.34. The normalized spacial score (nSPS) is 18.3. The molecule has 4 heterocycles. The van der Waals surface area contributed by atoms with Crippen LogP contribution in [0.4, 0.5) is 11.6 Å². The Bertz CT molecular complexity index is 846. The van der Waals surface area contributed by atoms with E-state index in [1.165, 1.54) is 12.8 Å². The summed E-state index contributed by atoms with van der Waals surface area (Å²) in [7, 11) is 0. The van der Waals surface area contributed by atoms with Crippen LogP contribution in [0.5, 0.6) is 0 Å². The molecular formula is C16H18N8. The average Bonchev–Trinajstić information content (AvgIpc) is 3.38. The number of rotatable bonds is 3. The largest absolute Gasteiger partial charge is 0.352 e. The number of nitrogens with one attached hydrogen (secondary N) is 1.